The molecule has 1 aromatic carbocycles. The van der Waals surface area contributed by atoms with E-state index in [9.17, 15) is 9.90 Å². The fraction of sp³-hybridized carbons (Fsp3) is 0.533. The molecule has 0 saturated heterocycles. The van der Waals surface area contributed by atoms with Gasteiger partial charge in [-0.25, -0.2) is 4.79 Å². The Kier molecular flexibility index (Phi) is 6.64. The van der Waals surface area contributed by atoms with Gasteiger partial charge in [0.2, 0.25) is 0 Å². The van der Waals surface area contributed by atoms with E-state index in [1.165, 1.54) is 14.0 Å². The SMILES string of the molecule is COC(=O)[C@](C)(OCc1ccccc1)[C@H](O)CCCO. The molecule has 112 valence electrons. The van der Waals surface area contributed by atoms with Crippen molar-refractivity contribution >= 4 is 5.97 Å². The fourth-order valence-corrected chi connectivity index (χ4v) is 1.86. The van der Waals surface area contributed by atoms with Gasteiger partial charge in [0.25, 0.3) is 0 Å². The molecule has 2 N–H and O–H groups in total. The number of esters is 1. The molecule has 1 rings (SSSR count). The molecular formula is C15H22O5. The van der Waals surface area contributed by atoms with Crippen LogP contribution in [-0.4, -0.2) is 41.6 Å². The number of aliphatic hydroxyl groups is 2. The largest absolute Gasteiger partial charge is 0.467 e. The van der Waals surface area contributed by atoms with Crippen LogP contribution in [0.3, 0.4) is 0 Å². The third-order valence-electron chi connectivity index (χ3n) is 3.24. The van der Waals surface area contributed by atoms with E-state index >= 15 is 0 Å². The summed E-state index contributed by atoms with van der Waals surface area (Å²) in [5.74, 6) is -0.626. The fourth-order valence-electron chi connectivity index (χ4n) is 1.86. The van der Waals surface area contributed by atoms with E-state index in [2.05, 4.69) is 0 Å². The molecule has 0 aromatic heterocycles. The van der Waals surface area contributed by atoms with Crippen LogP contribution in [0.15, 0.2) is 30.3 Å². The van der Waals surface area contributed by atoms with Crippen molar-refractivity contribution in [2.24, 2.45) is 0 Å². The Morgan fingerprint density at radius 3 is 2.55 bits per heavy atom. The second kappa shape index (κ2) is 7.99. The minimum absolute atomic E-state index is 0.0486. The average Bonchev–Trinajstić information content (AvgIpc) is 2.50. The first-order chi connectivity index (χ1) is 9.54. The monoisotopic (exact) mass is 282 g/mol. The van der Waals surface area contributed by atoms with E-state index in [0.29, 0.717) is 6.42 Å². The molecule has 1 aromatic rings. The third-order valence-corrected chi connectivity index (χ3v) is 3.24. The normalized spacial score (nSPS) is 15.4. The molecular weight excluding hydrogens is 260 g/mol. The van der Waals surface area contributed by atoms with E-state index in [-0.39, 0.29) is 19.6 Å². The Labute approximate surface area is 119 Å². The Balaban J connectivity index is 2.75. The van der Waals surface area contributed by atoms with Crippen LogP contribution in [0, 0.1) is 0 Å². The zero-order chi connectivity index (χ0) is 15.0. The Bertz CT molecular complexity index is 406. The first-order valence-electron chi connectivity index (χ1n) is 6.59. The number of methoxy groups -OCH3 is 1. The summed E-state index contributed by atoms with van der Waals surface area (Å²) in [6.07, 6.45) is -0.384. The standard InChI is InChI=1S/C15H22O5/c1-15(14(18)19-2,13(17)9-6-10-16)20-11-12-7-4-3-5-8-12/h3-5,7-8,13,16-17H,6,9-11H2,1-2H3/t13-,15-/m1/s1. The van der Waals surface area contributed by atoms with Crippen molar-refractivity contribution in [1.82, 2.24) is 0 Å². The number of carbonyl (C=O) groups is 1. The highest BCUT2D eigenvalue weighted by Crippen LogP contribution is 2.23. The lowest BCUT2D eigenvalue weighted by molar-refractivity contribution is -0.186. The predicted molar refractivity (Wildman–Crippen MR) is 74.0 cm³/mol. The molecule has 0 fully saturated rings. The first kappa shape index (κ1) is 16.6. The molecule has 0 spiro atoms. The Morgan fingerprint density at radius 1 is 1.35 bits per heavy atom. The summed E-state index contributed by atoms with van der Waals surface area (Å²) in [6, 6.07) is 9.38. The van der Waals surface area contributed by atoms with Crippen molar-refractivity contribution in [2.45, 2.75) is 38.1 Å². The van der Waals surface area contributed by atoms with Crippen LogP contribution < -0.4 is 0 Å². The molecule has 5 heteroatoms. The van der Waals surface area contributed by atoms with Crippen molar-refractivity contribution in [3.05, 3.63) is 35.9 Å². The van der Waals surface area contributed by atoms with Crippen LogP contribution in [0.5, 0.6) is 0 Å². The summed E-state index contributed by atoms with van der Waals surface area (Å²) >= 11 is 0. The first-order valence-corrected chi connectivity index (χ1v) is 6.59. The molecule has 0 unspecified atom stereocenters. The zero-order valence-electron chi connectivity index (χ0n) is 11.9. The lowest BCUT2D eigenvalue weighted by atomic mass is 9.95. The molecule has 2 atom stereocenters. The second-order valence-corrected chi connectivity index (χ2v) is 4.75. The van der Waals surface area contributed by atoms with Crippen LogP contribution in [0.4, 0.5) is 0 Å². The predicted octanol–water partition coefficient (Wildman–Crippen LogP) is 1.27. The Morgan fingerprint density at radius 2 is 2.00 bits per heavy atom. The van der Waals surface area contributed by atoms with Gasteiger partial charge in [-0.1, -0.05) is 30.3 Å². The average molecular weight is 282 g/mol. The van der Waals surface area contributed by atoms with E-state index in [4.69, 9.17) is 14.6 Å². The summed E-state index contributed by atoms with van der Waals surface area (Å²) in [5, 5.41) is 19.0. The zero-order valence-corrected chi connectivity index (χ0v) is 11.9. The van der Waals surface area contributed by atoms with Crippen LogP contribution in [-0.2, 0) is 20.9 Å². The van der Waals surface area contributed by atoms with Crippen molar-refractivity contribution in [2.75, 3.05) is 13.7 Å². The van der Waals surface area contributed by atoms with Crippen molar-refractivity contribution in [1.29, 1.82) is 0 Å². The maximum Gasteiger partial charge on any atom is 0.340 e. The topological polar surface area (TPSA) is 76.0 Å². The van der Waals surface area contributed by atoms with Crippen LogP contribution in [0.25, 0.3) is 0 Å². The summed E-state index contributed by atoms with van der Waals surface area (Å²) < 4.78 is 10.3. The van der Waals surface area contributed by atoms with E-state index in [0.717, 1.165) is 5.56 Å². The van der Waals surface area contributed by atoms with Gasteiger partial charge in [0.15, 0.2) is 5.60 Å². The van der Waals surface area contributed by atoms with E-state index in [1.54, 1.807) is 0 Å². The van der Waals surface area contributed by atoms with Gasteiger partial charge in [-0.15, -0.1) is 0 Å². The van der Waals surface area contributed by atoms with Gasteiger partial charge in [-0.05, 0) is 25.3 Å². The number of hydrogen-bond acceptors (Lipinski definition) is 5. The molecule has 0 amide bonds. The van der Waals surface area contributed by atoms with Crippen LogP contribution in [0.1, 0.15) is 25.3 Å². The van der Waals surface area contributed by atoms with Gasteiger partial charge in [0.1, 0.15) is 0 Å². The van der Waals surface area contributed by atoms with Gasteiger partial charge < -0.3 is 19.7 Å². The molecule has 0 aliphatic carbocycles. The van der Waals surface area contributed by atoms with Crippen molar-refractivity contribution < 1.29 is 24.5 Å². The third kappa shape index (κ3) is 4.30. The maximum absolute atomic E-state index is 11.9. The van der Waals surface area contributed by atoms with Crippen LogP contribution >= 0.6 is 0 Å². The molecule has 5 nitrogen and oxygen atoms in total. The summed E-state index contributed by atoms with van der Waals surface area (Å²) in [4.78, 5) is 11.9. The molecule has 0 aliphatic rings. The quantitative estimate of drug-likeness (QED) is 0.702. The van der Waals surface area contributed by atoms with Crippen molar-refractivity contribution in [3.63, 3.8) is 0 Å². The van der Waals surface area contributed by atoms with Gasteiger partial charge in [-0.3, -0.25) is 0 Å². The highest BCUT2D eigenvalue weighted by Gasteiger charge is 2.42. The molecule has 0 saturated carbocycles. The van der Waals surface area contributed by atoms with Gasteiger partial charge in [0, 0.05) is 6.61 Å². The van der Waals surface area contributed by atoms with Crippen molar-refractivity contribution in [3.8, 4) is 0 Å². The van der Waals surface area contributed by atoms with Gasteiger partial charge in [-0.2, -0.15) is 0 Å². The number of benzene rings is 1. The van der Waals surface area contributed by atoms with Gasteiger partial charge >= 0.3 is 5.97 Å². The smallest absolute Gasteiger partial charge is 0.340 e. The lowest BCUT2D eigenvalue weighted by Gasteiger charge is -2.31. The minimum atomic E-state index is -1.44. The molecule has 0 aliphatic heterocycles. The molecule has 0 heterocycles. The summed E-state index contributed by atoms with van der Waals surface area (Å²) in [5.41, 5.74) is -0.545. The van der Waals surface area contributed by atoms with Gasteiger partial charge in [0.05, 0.1) is 19.8 Å². The highest BCUT2D eigenvalue weighted by molar-refractivity contribution is 5.79. The van der Waals surface area contributed by atoms with Crippen LogP contribution in [0.2, 0.25) is 0 Å². The second-order valence-electron chi connectivity index (χ2n) is 4.75. The number of carbonyl (C=O) groups excluding carboxylic acids is 1. The van der Waals surface area contributed by atoms with E-state index < -0.39 is 17.7 Å². The lowest BCUT2D eigenvalue weighted by Crippen LogP contribution is -2.50. The molecule has 0 radical (unpaired) electrons. The summed E-state index contributed by atoms with van der Waals surface area (Å²) in [6.45, 7) is 1.65. The number of aliphatic hydroxyl groups excluding tert-OH is 2. The number of ether oxygens (including phenoxy) is 2. The molecule has 20 heavy (non-hydrogen) atoms. The Hall–Kier alpha value is -1.43. The maximum atomic E-state index is 11.9. The minimum Gasteiger partial charge on any atom is -0.467 e. The number of rotatable bonds is 8. The van der Waals surface area contributed by atoms with E-state index in [1.807, 2.05) is 30.3 Å². The molecule has 0 bridgehead atoms. The highest BCUT2D eigenvalue weighted by atomic mass is 16.6. The number of hydrogen-bond donors (Lipinski definition) is 2. The summed E-state index contributed by atoms with van der Waals surface area (Å²) in [7, 11) is 1.26.